The maximum Gasteiger partial charge on any atom is 0.437 e. The van der Waals surface area contributed by atoms with E-state index in [4.69, 9.17) is 5.11 Å². The summed E-state index contributed by atoms with van der Waals surface area (Å²) >= 11 is 0. The van der Waals surface area contributed by atoms with Crippen LogP contribution in [0.1, 0.15) is 20.8 Å². The van der Waals surface area contributed by atoms with Crippen molar-refractivity contribution in [3.05, 3.63) is 0 Å². The van der Waals surface area contributed by atoms with Crippen molar-refractivity contribution in [2.24, 2.45) is 0 Å². The molecule has 1 N–H and O–H groups in total. The fourth-order valence-corrected chi connectivity index (χ4v) is 1.10. The zero-order chi connectivity index (χ0) is 17.2. The molecule has 5 nitrogen and oxygen atoms in total. The summed E-state index contributed by atoms with van der Waals surface area (Å²) in [7, 11) is 0. The largest absolute Gasteiger partial charge is 0.459 e. The number of halogens is 6. The highest BCUT2D eigenvalue weighted by Crippen LogP contribution is 2.44. The second-order valence-electron chi connectivity index (χ2n) is 4.13. The summed E-state index contributed by atoms with van der Waals surface area (Å²) in [5.74, 6) is -3.83. The van der Waals surface area contributed by atoms with Crippen LogP contribution in [-0.4, -0.2) is 47.2 Å². The molecule has 0 aliphatic carbocycles. The highest BCUT2D eigenvalue weighted by molar-refractivity contribution is 5.81. The molecule has 0 bridgehead atoms. The molecule has 2 atom stereocenters. The van der Waals surface area contributed by atoms with E-state index in [1.165, 1.54) is 0 Å². The summed E-state index contributed by atoms with van der Waals surface area (Å²) in [5.41, 5.74) is -5.66. The van der Waals surface area contributed by atoms with Gasteiger partial charge in [0.2, 0.25) is 0 Å². The van der Waals surface area contributed by atoms with Gasteiger partial charge in [0.05, 0.1) is 0 Å². The first kappa shape index (κ1) is 19.5. The van der Waals surface area contributed by atoms with Crippen LogP contribution in [0.3, 0.4) is 0 Å². The average molecular weight is 326 g/mol. The average Bonchev–Trinajstić information content (AvgIpc) is 2.23. The Morgan fingerprint density at radius 1 is 0.905 bits per heavy atom. The van der Waals surface area contributed by atoms with Crippen LogP contribution in [0, 0.1) is 0 Å². The van der Waals surface area contributed by atoms with Crippen LogP contribution < -0.4 is 0 Å². The number of alkyl halides is 6. The molecule has 0 spiro atoms. The molecule has 0 aromatic carbocycles. The lowest BCUT2D eigenvalue weighted by atomic mass is 10.0. The lowest BCUT2D eigenvalue weighted by Crippen LogP contribution is -2.63. The molecule has 0 amide bonds. The number of rotatable bonds is 4. The van der Waals surface area contributed by atoms with E-state index in [-0.39, 0.29) is 0 Å². The van der Waals surface area contributed by atoms with Crippen LogP contribution in [-0.2, 0) is 19.1 Å². The Bertz CT molecular complexity index is 388. The first-order valence-corrected chi connectivity index (χ1v) is 5.38. The minimum absolute atomic E-state index is 0.882. The topological polar surface area (TPSA) is 72.8 Å². The zero-order valence-corrected chi connectivity index (χ0v) is 11.0. The SMILES string of the molecule is CC(=O)OC(C)C(C)OC(=O)C(O)(C(F)(F)F)C(F)(F)F. The first-order chi connectivity index (χ1) is 9.14. The molecular weight excluding hydrogens is 314 g/mol. The second-order valence-corrected chi connectivity index (χ2v) is 4.13. The predicted molar refractivity (Wildman–Crippen MR) is 53.8 cm³/mol. The number of carbonyl (C=O) groups is 2. The molecule has 0 saturated carbocycles. The summed E-state index contributed by atoms with van der Waals surface area (Å²) in [4.78, 5) is 21.7. The third kappa shape index (κ3) is 4.22. The van der Waals surface area contributed by atoms with Crippen molar-refractivity contribution >= 4 is 11.9 Å². The van der Waals surface area contributed by atoms with Gasteiger partial charge in [-0.25, -0.2) is 4.79 Å². The summed E-state index contributed by atoms with van der Waals surface area (Å²) < 4.78 is 82.5. The minimum Gasteiger partial charge on any atom is -0.459 e. The molecule has 0 heterocycles. The number of aliphatic hydroxyl groups is 1. The van der Waals surface area contributed by atoms with E-state index in [9.17, 15) is 35.9 Å². The number of hydrogen-bond acceptors (Lipinski definition) is 5. The summed E-state index contributed by atoms with van der Waals surface area (Å²) in [6.07, 6.45) is -15.6. The van der Waals surface area contributed by atoms with Gasteiger partial charge in [-0.3, -0.25) is 4.79 Å². The van der Waals surface area contributed by atoms with E-state index in [1.54, 1.807) is 0 Å². The van der Waals surface area contributed by atoms with Crippen LogP contribution in [0.4, 0.5) is 26.3 Å². The van der Waals surface area contributed by atoms with Crippen molar-refractivity contribution in [3.63, 3.8) is 0 Å². The summed E-state index contributed by atoms with van der Waals surface area (Å²) in [6.45, 7) is 2.92. The van der Waals surface area contributed by atoms with Gasteiger partial charge in [0.15, 0.2) is 0 Å². The Labute approximate surface area is 114 Å². The van der Waals surface area contributed by atoms with Crippen molar-refractivity contribution in [2.75, 3.05) is 0 Å². The Balaban J connectivity index is 5.24. The zero-order valence-electron chi connectivity index (χ0n) is 11.0. The molecular formula is C10H12F6O5. The molecule has 0 aliphatic rings. The normalized spacial score (nSPS) is 16.1. The first-order valence-electron chi connectivity index (χ1n) is 5.38. The summed E-state index contributed by atoms with van der Waals surface area (Å²) in [5, 5.41) is 8.73. The number of carbonyl (C=O) groups excluding carboxylic acids is 2. The van der Waals surface area contributed by atoms with Gasteiger partial charge >= 0.3 is 29.9 Å². The highest BCUT2D eigenvalue weighted by atomic mass is 19.4. The molecule has 21 heavy (non-hydrogen) atoms. The predicted octanol–water partition coefficient (Wildman–Crippen LogP) is 1.73. The molecule has 0 aromatic rings. The number of esters is 2. The van der Waals surface area contributed by atoms with E-state index in [0.29, 0.717) is 0 Å². The van der Waals surface area contributed by atoms with E-state index >= 15 is 0 Å². The monoisotopic (exact) mass is 326 g/mol. The number of ether oxygens (including phenoxy) is 2. The van der Waals surface area contributed by atoms with Crippen LogP contribution in [0.2, 0.25) is 0 Å². The van der Waals surface area contributed by atoms with Crippen molar-refractivity contribution in [3.8, 4) is 0 Å². The van der Waals surface area contributed by atoms with Crippen molar-refractivity contribution in [2.45, 2.75) is 50.9 Å². The maximum absolute atomic E-state index is 12.4. The Morgan fingerprint density at radius 2 is 1.24 bits per heavy atom. The second kappa shape index (κ2) is 6.08. The Morgan fingerprint density at radius 3 is 1.52 bits per heavy atom. The molecule has 0 saturated heterocycles. The van der Waals surface area contributed by atoms with Gasteiger partial charge in [0, 0.05) is 6.92 Å². The van der Waals surface area contributed by atoms with E-state index in [0.717, 1.165) is 20.8 Å². The smallest absolute Gasteiger partial charge is 0.437 e. The molecule has 2 unspecified atom stereocenters. The Hall–Kier alpha value is -1.52. The molecule has 11 heteroatoms. The molecule has 0 fully saturated rings. The number of hydrogen-bond donors (Lipinski definition) is 1. The van der Waals surface area contributed by atoms with Crippen LogP contribution in [0.15, 0.2) is 0 Å². The molecule has 124 valence electrons. The molecule has 0 aromatic heterocycles. The van der Waals surface area contributed by atoms with Crippen molar-refractivity contribution in [1.82, 2.24) is 0 Å². The summed E-state index contributed by atoms with van der Waals surface area (Å²) in [6, 6.07) is 0. The van der Waals surface area contributed by atoms with Crippen molar-refractivity contribution in [1.29, 1.82) is 0 Å². The van der Waals surface area contributed by atoms with E-state index in [2.05, 4.69) is 9.47 Å². The fourth-order valence-electron chi connectivity index (χ4n) is 1.10. The van der Waals surface area contributed by atoms with E-state index in [1.807, 2.05) is 0 Å². The molecule has 0 rings (SSSR count). The minimum atomic E-state index is -6.33. The third-order valence-electron chi connectivity index (χ3n) is 2.42. The van der Waals surface area contributed by atoms with Gasteiger partial charge in [0.25, 0.3) is 0 Å². The van der Waals surface area contributed by atoms with Gasteiger partial charge < -0.3 is 14.6 Å². The lowest BCUT2D eigenvalue weighted by molar-refractivity contribution is -0.358. The molecule has 0 aliphatic heterocycles. The quantitative estimate of drug-likeness (QED) is 0.629. The lowest BCUT2D eigenvalue weighted by Gasteiger charge is -2.31. The van der Waals surface area contributed by atoms with Crippen LogP contribution in [0.25, 0.3) is 0 Å². The van der Waals surface area contributed by atoms with Crippen molar-refractivity contribution < 1.29 is 50.5 Å². The van der Waals surface area contributed by atoms with Gasteiger partial charge in [-0.05, 0) is 13.8 Å². The van der Waals surface area contributed by atoms with Gasteiger partial charge in [-0.2, -0.15) is 26.3 Å². The maximum atomic E-state index is 12.4. The molecule has 0 radical (unpaired) electrons. The van der Waals surface area contributed by atoms with Gasteiger partial charge in [-0.1, -0.05) is 0 Å². The van der Waals surface area contributed by atoms with Gasteiger partial charge in [-0.15, -0.1) is 0 Å². The van der Waals surface area contributed by atoms with E-state index < -0.39 is 42.1 Å². The Kier molecular flexibility index (Phi) is 5.64. The fraction of sp³-hybridized carbons (Fsp3) is 0.800. The van der Waals surface area contributed by atoms with Gasteiger partial charge in [0.1, 0.15) is 12.2 Å². The highest BCUT2D eigenvalue weighted by Gasteiger charge is 2.76. The third-order valence-corrected chi connectivity index (χ3v) is 2.42. The standard InChI is InChI=1S/C10H12F6O5/c1-4(20-6(3)17)5(2)21-7(18)8(19,9(11,12)13)10(14,15)16/h4-5,19H,1-3H3. The van der Waals surface area contributed by atoms with Crippen LogP contribution in [0.5, 0.6) is 0 Å². The van der Waals surface area contributed by atoms with Crippen LogP contribution >= 0.6 is 0 Å².